The molecule has 0 unspecified atom stereocenters. The maximum Gasteiger partial charge on any atom is 0.293 e. The van der Waals surface area contributed by atoms with Crippen LogP contribution in [0, 0.1) is 0 Å². The zero-order valence-corrected chi connectivity index (χ0v) is 21.6. The van der Waals surface area contributed by atoms with Gasteiger partial charge >= 0.3 is 0 Å². The van der Waals surface area contributed by atoms with Gasteiger partial charge in [-0.2, -0.15) is 0 Å². The molecular formula is C27H20BrClN2O3S. The van der Waals surface area contributed by atoms with Gasteiger partial charge < -0.3 is 9.30 Å². The number of carbonyl (C=O) groups excluding carboxylic acids is 2. The molecule has 2 heterocycles. The summed E-state index contributed by atoms with van der Waals surface area (Å²) in [5, 5.41) is 1.21. The van der Waals surface area contributed by atoms with Crippen molar-refractivity contribution < 1.29 is 14.3 Å². The van der Waals surface area contributed by atoms with Crippen LogP contribution in [0.5, 0.6) is 5.75 Å². The van der Waals surface area contributed by atoms with Gasteiger partial charge in [0.25, 0.3) is 11.1 Å². The van der Waals surface area contributed by atoms with Crippen LogP contribution in [0.3, 0.4) is 0 Å². The van der Waals surface area contributed by atoms with Crippen LogP contribution < -0.4 is 4.74 Å². The fraction of sp³-hybridized carbons (Fsp3) is 0.111. The summed E-state index contributed by atoms with van der Waals surface area (Å²) in [6.07, 6.45) is 3.79. The quantitative estimate of drug-likeness (QED) is 0.219. The monoisotopic (exact) mass is 566 g/mol. The number of fused-ring (bicyclic) bond motifs is 1. The summed E-state index contributed by atoms with van der Waals surface area (Å²) in [5.74, 6) is 0.502. The average molecular weight is 568 g/mol. The van der Waals surface area contributed by atoms with Gasteiger partial charge in [-0.3, -0.25) is 14.5 Å². The largest absolute Gasteiger partial charge is 0.492 e. The number of para-hydroxylation sites is 1. The van der Waals surface area contributed by atoms with Crippen LogP contribution in [0.2, 0.25) is 5.02 Å². The molecule has 1 saturated heterocycles. The minimum absolute atomic E-state index is 0.145. The third kappa shape index (κ3) is 5.17. The summed E-state index contributed by atoms with van der Waals surface area (Å²) in [7, 11) is 0. The Morgan fingerprint density at radius 1 is 1.00 bits per heavy atom. The highest BCUT2D eigenvalue weighted by Crippen LogP contribution is 2.36. The first-order valence-electron chi connectivity index (χ1n) is 10.9. The number of thioether (sulfide) groups is 1. The van der Waals surface area contributed by atoms with Crippen LogP contribution in [-0.4, -0.2) is 27.2 Å². The van der Waals surface area contributed by atoms with Crippen molar-refractivity contribution in [2.45, 2.75) is 13.1 Å². The molecule has 35 heavy (non-hydrogen) atoms. The number of ether oxygens (including phenoxy) is 1. The summed E-state index contributed by atoms with van der Waals surface area (Å²) in [5.41, 5.74) is 2.62. The first-order valence-corrected chi connectivity index (χ1v) is 12.9. The minimum Gasteiger partial charge on any atom is -0.492 e. The van der Waals surface area contributed by atoms with Gasteiger partial charge in [-0.1, -0.05) is 63.9 Å². The summed E-state index contributed by atoms with van der Waals surface area (Å²) >= 11 is 10.7. The normalized spacial score (nSPS) is 14.9. The molecule has 2 amide bonds. The van der Waals surface area contributed by atoms with Crippen LogP contribution in [0.1, 0.15) is 11.1 Å². The van der Waals surface area contributed by atoms with E-state index >= 15 is 0 Å². The second-order valence-corrected chi connectivity index (χ2v) is 10.3. The Bertz CT molecular complexity index is 1450. The van der Waals surface area contributed by atoms with Gasteiger partial charge in [0.15, 0.2) is 0 Å². The summed E-state index contributed by atoms with van der Waals surface area (Å²) in [6.45, 7) is 1.28. The lowest BCUT2D eigenvalue weighted by Gasteiger charge is -2.13. The van der Waals surface area contributed by atoms with E-state index in [1.165, 1.54) is 4.90 Å². The molecule has 0 spiro atoms. The van der Waals surface area contributed by atoms with Crippen molar-refractivity contribution in [1.29, 1.82) is 0 Å². The highest BCUT2D eigenvalue weighted by Gasteiger charge is 2.35. The zero-order chi connectivity index (χ0) is 24.4. The number of aromatic nitrogens is 1. The third-order valence-corrected chi connectivity index (χ3v) is 7.43. The maximum absolute atomic E-state index is 13.1. The molecule has 5 nitrogen and oxygen atoms in total. The van der Waals surface area contributed by atoms with Crippen molar-refractivity contribution in [1.82, 2.24) is 9.47 Å². The average Bonchev–Trinajstić information content (AvgIpc) is 3.32. The van der Waals surface area contributed by atoms with Crippen molar-refractivity contribution >= 4 is 67.4 Å². The molecule has 8 heteroatoms. The van der Waals surface area contributed by atoms with E-state index in [0.717, 1.165) is 44.0 Å². The van der Waals surface area contributed by atoms with Crippen molar-refractivity contribution in [3.05, 3.63) is 105 Å². The van der Waals surface area contributed by atoms with E-state index in [2.05, 4.69) is 20.5 Å². The summed E-state index contributed by atoms with van der Waals surface area (Å²) < 4.78 is 8.91. The Kier molecular flexibility index (Phi) is 7.00. The molecule has 1 aliphatic heterocycles. The van der Waals surface area contributed by atoms with E-state index in [-0.39, 0.29) is 17.7 Å². The number of rotatable bonds is 7. The van der Waals surface area contributed by atoms with E-state index in [4.69, 9.17) is 16.3 Å². The standard InChI is InChI=1S/C27H20BrClN2O3S/c28-20-10-11-24-22(15-20)19(16-30(24)12-13-34-21-7-2-1-3-8-21)14-25-26(32)31(27(33)35-25)17-18-6-4-5-9-23(18)29/h1-11,14-16H,12-13,17H2/b25-14-. The minimum atomic E-state index is -0.316. The molecule has 176 valence electrons. The Morgan fingerprint density at radius 3 is 2.57 bits per heavy atom. The van der Waals surface area contributed by atoms with Gasteiger partial charge in [0.05, 0.1) is 18.0 Å². The fourth-order valence-electron chi connectivity index (χ4n) is 3.95. The summed E-state index contributed by atoms with van der Waals surface area (Å²) in [6, 6.07) is 22.9. The zero-order valence-electron chi connectivity index (χ0n) is 18.5. The molecule has 0 atom stereocenters. The van der Waals surface area contributed by atoms with Crippen LogP contribution in [0.4, 0.5) is 4.79 Å². The first kappa shape index (κ1) is 23.7. The molecule has 1 fully saturated rings. The molecule has 0 saturated carbocycles. The first-order chi connectivity index (χ1) is 17.0. The highest BCUT2D eigenvalue weighted by atomic mass is 79.9. The van der Waals surface area contributed by atoms with Crippen LogP contribution in [0.15, 0.2) is 88.4 Å². The number of carbonyl (C=O) groups is 2. The number of imide groups is 1. The van der Waals surface area contributed by atoms with Gasteiger partial charge in [-0.25, -0.2) is 0 Å². The Labute approximate surface area is 220 Å². The van der Waals surface area contributed by atoms with Crippen molar-refractivity contribution in [3.8, 4) is 5.75 Å². The SMILES string of the molecule is O=C1S/C(=C\c2cn(CCOc3ccccc3)c3ccc(Br)cc23)C(=O)N1Cc1ccccc1Cl. The number of hydrogen-bond donors (Lipinski definition) is 0. The molecular weight excluding hydrogens is 548 g/mol. The molecule has 0 aliphatic carbocycles. The Morgan fingerprint density at radius 2 is 1.77 bits per heavy atom. The van der Waals surface area contributed by atoms with Gasteiger partial charge in [-0.15, -0.1) is 0 Å². The second kappa shape index (κ2) is 10.3. The second-order valence-electron chi connectivity index (χ2n) is 7.96. The van der Waals surface area contributed by atoms with Crippen molar-refractivity contribution in [3.63, 3.8) is 0 Å². The predicted octanol–water partition coefficient (Wildman–Crippen LogP) is 7.37. The fourth-order valence-corrected chi connectivity index (χ4v) is 5.34. The van der Waals surface area contributed by atoms with E-state index in [0.29, 0.717) is 23.1 Å². The topological polar surface area (TPSA) is 51.5 Å². The number of benzene rings is 3. The van der Waals surface area contributed by atoms with Crippen LogP contribution in [0.25, 0.3) is 17.0 Å². The van der Waals surface area contributed by atoms with Crippen LogP contribution in [-0.2, 0) is 17.9 Å². The molecule has 0 bridgehead atoms. The van der Waals surface area contributed by atoms with E-state index in [9.17, 15) is 9.59 Å². The lowest BCUT2D eigenvalue weighted by Crippen LogP contribution is -2.27. The highest BCUT2D eigenvalue weighted by molar-refractivity contribution is 9.10. The van der Waals surface area contributed by atoms with Gasteiger partial charge in [0.1, 0.15) is 12.4 Å². The Balaban J connectivity index is 1.40. The third-order valence-electron chi connectivity index (χ3n) is 5.66. The maximum atomic E-state index is 13.1. The molecule has 1 aliphatic rings. The van der Waals surface area contributed by atoms with Crippen LogP contribution >= 0.6 is 39.3 Å². The van der Waals surface area contributed by atoms with Gasteiger partial charge in [-0.05, 0) is 59.8 Å². The summed E-state index contributed by atoms with van der Waals surface area (Å²) in [4.78, 5) is 27.4. The van der Waals surface area contributed by atoms with Gasteiger partial charge in [0.2, 0.25) is 0 Å². The molecule has 0 N–H and O–H groups in total. The van der Waals surface area contributed by atoms with E-state index < -0.39 is 0 Å². The number of amides is 2. The number of nitrogens with zero attached hydrogens (tertiary/aromatic N) is 2. The van der Waals surface area contributed by atoms with Crippen molar-refractivity contribution in [2.24, 2.45) is 0 Å². The molecule has 3 aromatic carbocycles. The van der Waals surface area contributed by atoms with Gasteiger partial charge in [0, 0.05) is 32.2 Å². The van der Waals surface area contributed by atoms with E-state index in [1.54, 1.807) is 12.1 Å². The van der Waals surface area contributed by atoms with E-state index in [1.807, 2.05) is 72.9 Å². The smallest absolute Gasteiger partial charge is 0.293 e. The molecule has 5 rings (SSSR count). The van der Waals surface area contributed by atoms with Crippen molar-refractivity contribution in [2.75, 3.05) is 6.61 Å². The Hall–Kier alpha value is -3.00. The number of hydrogen-bond acceptors (Lipinski definition) is 4. The number of halogens is 2. The lowest BCUT2D eigenvalue weighted by atomic mass is 10.1. The molecule has 4 aromatic rings. The predicted molar refractivity (Wildman–Crippen MR) is 145 cm³/mol. The molecule has 1 aromatic heterocycles. The molecule has 0 radical (unpaired) electrons. The lowest BCUT2D eigenvalue weighted by molar-refractivity contribution is -0.123.